The van der Waals surface area contributed by atoms with Crippen LogP contribution in [0.2, 0.25) is 0 Å². The second-order valence-electron chi connectivity index (χ2n) is 7.47. The standard InChI is InChI=1S/C20H22N2O2S/c1-20(2)11-19(22-18-8-7-14(12-21)10-17(18)20)16-6-4-5-15(9-16)13-25(3,23)24/h4-10,19,22H,11,13H2,1-3H3. The Morgan fingerprint density at radius 2 is 2.00 bits per heavy atom. The fourth-order valence-electron chi connectivity index (χ4n) is 3.56. The fourth-order valence-corrected chi connectivity index (χ4v) is 4.35. The predicted octanol–water partition coefficient (Wildman–Crippen LogP) is 3.94. The summed E-state index contributed by atoms with van der Waals surface area (Å²) in [4.78, 5) is 0. The summed E-state index contributed by atoms with van der Waals surface area (Å²) in [6, 6.07) is 15.8. The van der Waals surface area contributed by atoms with Crippen LogP contribution >= 0.6 is 0 Å². The van der Waals surface area contributed by atoms with Crippen LogP contribution in [-0.2, 0) is 21.0 Å². The molecule has 1 N–H and O–H groups in total. The Bertz CT molecular complexity index is 956. The van der Waals surface area contributed by atoms with Crippen LogP contribution in [0, 0.1) is 11.3 Å². The highest BCUT2D eigenvalue weighted by molar-refractivity contribution is 7.89. The molecule has 0 amide bonds. The molecule has 1 aliphatic heterocycles. The van der Waals surface area contributed by atoms with Gasteiger partial charge in [-0.15, -0.1) is 0 Å². The molecule has 1 heterocycles. The first-order valence-electron chi connectivity index (χ1n) is 8.26. The Kier molecular flexibility index (Phi) is 4.34. The number of hydrogen-bond acceptors (Lipinski definition) is 4. The minimum atomic E-state index is -3.05. The van der Waals surface area contributed by atoms with Crippen molar-refractivity contribution in [1.82, 2.24) is 0 Å². The zero-order valence-electron chi connectivity index (χ0n) is 14.7. The topological polar surface area (TPSA) is 70.0 Å². The van der Waals surface area contributed by atoms with Gasteiger partial charge in [0.15, 0.2) is 9.84 Å². The monoisotopic (exact) mass is 354 g/mol. The van der Waals surface area contributed by atoms with Gasteiger partial charge in [0.2, 0.25) is 0 Å². The van der Waals surface area contributed by atoms with Crippen molar-refractivity contribution in [3.8, 4) is 6.07 Å². The number of nitriles is 1. The van der Waals surface area contributed by atoms with Gasteiger partial charge in [-0.25, -0.2) is 8.42 Å². The van der Waals surface area contributed by atoms with Gasteiger partial charge in [-0.2, -0.15) is 5.26 Å². The molecule has 0 saturated carbocycles. The lowest BCUT2D eigenvalue weighted by molar-refractivity contribution is 0.427. The lowest BCUT2D eigenvalue weighted by atomic mass is 9.73. The highest BCUT2D eigenvalue weighted by atomic mass is 32.2. The smallest absolute Gasteiger partial charge is 0.151 e. The van der Waals surface area contributed by atoms with Gasteiger partial charge in [0.1, 0.15) is 0 Å². The van der Waals surface area contributed by atoms with E-state index in [0.29, 0.717) is 5.56 Å². The van der Waals surface area contributed by atoms with Crippen LogP contribution in [0.25, 0.3) is 0 Å². The minimum absolute atomic E-state index is 0.0546. The molecule has 0 fully saturated rings. The molecule has 2 aromatic rings. The van der Waals surface area contributed by atoms with Crippen molar-refractivity contribution < 1.29 is 8.42 Å². The average Bonchev–Trinajstić information content (AvgIpc) is 2.52. The first-order chi connectivity index (χ1) is 11.7. The highest BCUT2D eigenvalue weighted by Crippen LogP contribution is 2.44. The van der Waals surface area contributed by atoms with Gasteiger partial charge in [0, 0.05) is 11.9 Å². The Morgan fingerprint density at radius 1 is 1.24 bits per heavy atom. The van der Waals surface area contributed by atoms with E-state index in [1.807, 2.05) is 42.5 Å². The van der Waals surface area contributed by atoms with Crippen molar-refractivity contribution in [2.75, 3.05) is 11.6 Å². The third kappa shape index (κ3) is 3.85. The second kappa shape index (κ2) is 6.20. The number of rotatable bonds is 3. The van der Waals surface area contributed by atoms with E-state index in [1.165, 1.54) is 6.26 Å². The van der Waals surface area contributed by atoms with E-state index < -0.39 is 9.84 Å². The molecule has 0 spiro atoms. The number of nitrogens with zero attached hydrogens (tertiary/aromatic N) is 1. The highest BCUT2D eigenvalue weighted by Gasteiger charge is 2.33. The second-order valence-corrected chi connectivity index (χ2v) is 9.61. The van der Waals surface area contributed by atoms with E-state index in [2.05, 4.69) is 25.2 Å². The number of benzene rings is 2. The van der Waals surface area contributed by atoms with Crippen LogP contribution < -0.4 is 5.32 Å². The molecular formula is C20H22N2O2S. The quantitative estimate of drug-likeness (QED) is 0.906. The van der Waals surface area contributed by atoms with Gasteiger partial charge in [-0.3, -0.25) is 0 Å². The fraction of sp³-hybridized carbons (Fsp3) is 0.350. The molecule has 0 saturated heterocycles. The third-order valence-electron chi connectivity index (χ3n) is 4.70. The van der Waals surface area contributed by atoms with E-state index in [1.54, 1.807) is 0 Å². The lowest BCUT2D eigenvalue weighted by Gasteiger charge is -2.39. The molecule has 1 aliphatic rings. The molecule has 2 aromatic carbocycles. The van der Waals surface area contributed by atoms with E-state index >= 15 is 0 Å². The molecule has 3 rings (SSSR count). The first kappa shape index (κ1) is 17.5. The van der Waals surface area contributed by atoms with E-state index in [9.17, 15) is 8.42 Å². The molecule has 25 heavy (non-hydrogen) atoms. The molecule has 4 nitrogen and oxygen atoms in total. The zero-order chi connectivity index (χ0) is 18.2. The molecule has 1 atom stereocenters. The maximum absolute atomic E-state index is 11.6. The van der Waals surface area contributed by atoms with Gasteiger partial charge < -0.3 is 5.32 Å². The van der Waals surface area contributed by atoms with Gasteiger partial charge in [0.05, 0.1) is 23.4 Å². The van der Waals surface area contributed by atoms with Gasteiger partial charge in [0.25, 0.3) is 0 Å². The van der Waals surface area contributed by atoms with Crippen LogP contribution in [0.5, 0.6) is 0 Å². The minimum Gasteiger partial charge on any atom is -0.378 e. The van der Waals surface area contributed by atoms with Crippen molar-refractivity contribution in [1.29, 1.82) is 5.26 Å². The van der Waals surface area contributed by atoms with E-state index in [-0.39, 0.29) is 17.2 Å². The summed E-state index contributed by atoms with van der Waals surface area (Å²) in [5.74, 6) is 0.0546. The van der Waals surface area contributed by atoms with Gasteiger partial charge in [-0.1, -0.05) is 38.1 Å². The van der Waals surface area contributed by atoms with Crippen molar-refractivity contribution in [2.45, 2.75) is 37.5 Å². The van der Waals surface area contributed by atoms with Gasteiger partial charge >= 0.3 is 0 Å². The Morgan fingerprint density at radius 3 is 2.68 bits per heavy atom. The Balaban J connectivity index is 1.95. The Labute approximate surface area is 149 Å². The predicted molar refractivity (Wildman–Crippen MR) is 100 cm³/mol. The molecular weight excluding hydrogens is 332 g/mol. The number of nitrogens with one attached hydrogen (secondary N) is 1. The van der Waals surface area contributed by atoms with E-state index in [0.717, 1.165) is 28.8 Å². The van der Waals surface area contributed by atoms with E-state index in [4.69, 9.17) is 5.26 Å². The molecule has 0 aliphatic carbocycles. The summed E-state index contributed by atoms with van der Waals surface area (Å²) in [5.41, 5.74) is 4.67. The van der Waals surface area contributed by atoms with Crippen molar-refractivity contribution in [3.63, 3.8) is 0 Å². The number of sulfone groups is 1. The Hall–Kier alpha value is -2.32. The van der Waals surface area contributed by atoms with Crippen molar-refractivity contribution in [2.24, 2.45) is 0 Å². The zero-order valence-corrected chi connectivity index (χ0v) is 15.5. The number of fused-ring (bicyclic) bond motifs is 1. The average molecular weight is 354 g/mol. The summed E-state index contributed by atoms with van der Waals surface area (Å²) in [6.07, 6.45) is 2.13. The van der Waals surface area contributed by atoms with Crippen LogP contribution in [0.1, 0.15) is 48.6 Å². The summed E-state index contributed by atoms with van der Waals surface area (Å²) in [6.45, 7) is 4.36. The summed E-state index contributed by atoms with van der Waals surface area (Å²) in [5, 5.41) is 12.7. The summed E-state index contributed by atoms with van der Waals surface area (Å²) >= 11 is 0. The number of anilines is 1. The molecule has 0 radical (unpaired) electrons. The maximum Gasteiger partial charge on any atom is 0.151 e. The SMILES string of the molecule is CC1(C)CC(c2cccc(CS(C)(=O)=O)c2)Nc2ccc(C#N)cc21. The van der Waals surface area contributed by atoms with Crippen LogP contribution in [0.15, 0.2) is 42.5 Å². The normalized spacial score (nSPS) is 18.7. The molecule has 130 valence electrons. The van der Waals surface area contributed by atoms with Crippen molar-refractivity contribution in [3.05, 3.63) is 64.7 Å². The molecule has 0 aromatic heterocycles. The molecule has 0 bridgehead atoms. The molecule has 1 unspecified atom stereocenters. The van der Waals surface area contributed by atoms with Gasteiger partial charge in [-0.05, 0) is 46.7 Å². The largest absolute Gasteiger partial charge is 0.378 e. The van der Waals surface area contributed by atoms with Crippen LogP contribution in [0.3, 0.4) is 0 Å². The maximum atomic E-state index is 11.6. The third-order valence-corrected chi connectivity index (χ3v) is 5.56. The molecule has 5 heteroatoms. The van der Waals surface area contributed by atoms with Crippen LogP contribution in [-0.4, -0.2) is 14.7 Å². The van der Waals surface area contributed by atoms with Crippen molar-refractivity contribution >= 4 is 15.5 Å². The van der Waals surface area contributed by atoms with Crippen LogP contribution in [0.4, 0.5) is 5.69 Å². The summed E-state index contributed by atoms with van der Waals surface area (Å²) in [7, 11) is -3.05. The first-order valence-corrected chi connectivity index (χ1v) is 10.3. The summed E-state index contributed by atoms with van der Waals surface area (Å²) < 4.78 is 23.1. The number of hydrogen-bond donors (Lipinski definition) is 1. The lowest BCUT2D eigenvalue weighted by Crippen LogP contribution is -2.31.